The summed E-state index contributed by atoms with van der Waals surface area (Å²) in [5, 5.41) is 0. The van der Waals surface area contributed by atoms with Crippen LogP contribution in [0.3, 0.4) is 0 Å². The van der Waals surface area contributed by atoms with Gasteiger partial charge >= 0.3 is 0 Å². The third kappa shape index (κ3) is 1.59. The molecule has 2 heteroatoms. The van der Waals surface area contributed by atoms with Gasteiger partial charge in [0.05, 0.1) is 0 Å². The monoisotopic (exact) mass is 254 g/mol. The highest BCUT2D eigenvalue weighted by molar-refractivity contribution is 8.77. The Labute approximate surface area is 107 Å². The lowest BCUT2D eigenvalue weighted by atomic mass is 10.0. The molecule has 0 heterocycles. The molecule has 4 aliphatic carbocycles. The van der Waals surface area contributed by atoms with E-state index < -0.39 is 0 Å². The molecule has 0 atom stereocenters. The summed E-state index contributed by atoms with van der Waals surface area (Å²) in [4.78, 5) is 0. The fraction of sp³-hybridized carbons (Fsp3) is 1.00. The molecule has 4 saturated carbocycles. The van der Waals surface area contributed by atoms with Gasteiger partial charge in [-0.3, -0.25) is 0 Å². The molecule has 4 fully saturated rings. The van der Waals surface area contributed by atoms with Crippen LogP contribution in [0.25, 0.3) is 0 Å². The molecule has 90 valence electrons. The van der Waals surface area contributed by atoms with E-state index in [-0.39, 0.29) is 0 Å². The standard InChI is InChI=1S/C14H22S2/c1-5-13(6-2-11(1)9-13)15-16-14-7-3-12(10-14)4-8-14/h11-12H,1-10H2. The van der Waals surface area contributed by atoms with Crippen molar-refractivity contribution in [1.29, 1.82) is 0 Å². The molecule has 4 rings (SSSR count). The van der Waals surface area contributed by atoms with Crippen LogP contribution in [0.4, 0.5) is 0 Å². The molecule has 0 N–H and O–H groups in total. The molecule has 0 aromatic carbocycles. The molecular weight excluding hydrogens is 232 g/mol. The third-order valence-corrected chi connectivity index (χ3v) is 10.1. The van der Waals surface area contributed by atoms with Gasteiger partial charge < -0.3 is 0 Å². The Morgan fingerprint density at radius 2 is 1.00 bits per heavy atom. The van der Waals surface area contributed by atoms with Crippen LogP contribution in [-0.4, -0.2) is 9.49 Å². The summed E-state index contributed by atoms with van der Waals surface area (Å²) in [7, 11) is 4.67. The van der Waals surface area contributed by atoms with Crippen molar-refractivity contribution >= 4 is 21.6 Å². The lowest BCUT2D eigenvalue weighted by molar-refractivity contribution is 0.499. The van der Waals surface area contributed by atoms with Gasteiger partial charge in [-0.15, -0.1) is 0 Å². The molecule has 0 radical (unpaired) electrons. The number of hydrogen-bond acceptors (Lipinski definition) is 2. The summed E-state index contributed by atoms with van der Waals surface area (Å²) in [6, 6.07) is 0. The summed E-state index contributed by atoms with van der Waals surface area (Å²) < 4.78 is 1.48. The van der Waals surface area contributed by atoms with Crippen molar-refractivity contribution in [3.63, 3.8) is 0 Å². The van der Waals surface area contributed by atoms with Crippen molar-refractivity contribution < 1.29 is 0 Å². The lowest BCUT2D eigenvalue weighted by Crippen LogP contribution is -2.21. The highest BCUT2D eigenvalue weighted by atomic mass is 33.1. The van der Waals surface area contributed by atoms with Gasteiger partial charge in [-0.1, -0.05) is 21.6 Å². The van der Waals surface area contributed by atoms with E-state index in [1.165, 1.54) is 25.7 Å². The van der Waals surface area contributed by atoms with Crippen molar-refractivity contribution in [3.8, 4) is 0 Å². The normalized spacial score (nSPS) is 54.0. The van der Waals surface area contributed by atoms with Gasteiger partial charge in [-0.05, 0) is 76.0 Å². The number of fused-ring (bicyclic) bond motifs is 4. The zero-order valence-corrected chi connectivity index (χ0v) is 11.7. The summed E-state index contributed by atoms with van der Waals surface area (Å²) in [6.07, 6.45) is 15.4. The molecule has 0 aromatic rings. The van der Waals surface area contributed by atoms with Crippen molar-refractivity contribution in [2.75, 3.05) is 0 Å². The molecule has 16 heavy (non-hydrogen) atoms. The number of rotatable bonds is 3. The largest absolute Gasteiger partial charge is 0.0867 e. The Bertz CT molecular complexity index is 253. The quantitative estimate of drug-likeness (QED) is 0.648. The van der Waals surface area contributed by atoms with E-state index in [2.05, 4.69) is 21.6 Å². The average Bonchev–Trinajstić information content (AvgIpc) is 3.07. The van der Waals surface area contributed by atoms with Crippen LogP contribution >= 0.6 is 21.6 Å². The van der Waals surface area contributed by atoms with Gasteiger partial charge in [-0.2, -0.15) is 0 Å². The second-order valence-corrected chi connectivity index (χ2v) is 9.89. The molecule has 0 spiro atoms. The second kappa shape index (κ2) is 3.60. The summed E-state index contributed by atoms with van der Waals surface area (Å²) in [5.41, 5.74) is 0. The molecule has 0 amide bonds. The lowest BCUT2D eigenvalue weighted by Gasteiger charge is -2.31. The van der Waals surface area contributed by atoms with Gasteiger partial charge in [0.2, 0.25) is 0 Å². The second-order valence-electron chi connectivity index (χ2n) is 6.83. The Hall–Kier alpha value is 0.700. The van der Waals surface area contributed by atoms with Crippen LogP contribution in [0.5, 0.6) is 0 Å². The Kier molecular flexibility index (Phi) is 2.39. The smallest absolute Gasteiger partial charge is 0.0266 e. The van der Waals surface area contributed by atoms with Gasteiger partial charge in [0.1, 0.15) is 0 Å². The van der Waals surface area contributed by atoms with Gasteiger partial charge in [0, 0.05) is 9.49 Å². The minimum absolute atomic E-state index is 0.741. The SMILES string of the molecule is C1CC2(SSC34CCC(CC3)C4)CCC1C2. The molecule has 4 bridgehead atoms. The Morgan fingerprint density at radius 3 is 1.25 bits per heavy atom. The van der Waals surface area contributed by atoms with E-state index in [1.54, 1.807) is 38.5 Å². The highest BCUT2D eigenvalue weighted by Crippen LogP contribution is 2.65. The molecule has 0 nitrogen and oxygen atoms in total. The molecular formula is C14H22S2. The molecule has 0 aromatic heterocycles. The maximum atomic E-state index is 2.34. The first-order valence-corrected chi connectivity index (χ1v) is 9.30. The minimum Gasteiger partial charge on any atom is -0.0867 e. The van der Waals surface area contributed by atoms with E-state index >= 15 is 0 Å². The first-order chi connectivity index (χ1) is 7.78. The topological polar surface area (TPSA) is 0 Å². The van der Waals surface area contributed by atoms with Crippen LogP contribution in [0, 0.1) is 11.8 Å². The molecule has 0 saturated heterocycles. The average molecular weight is 254 g/mol. The van der Waals surface area contributed by atoms with Crippen LogP contribution in [-0.2, 0) is 0 Å². The van der Waals surface area contributed by atoms with Crippen LogP contribution in [0.1, 0.15) is 64.2 Å². The first-order valence-electron chi connectivity index (χ1n) is 7.15. The summed E-state index contributed by atoms with van der Waals surface area (Å²) >= 11 is 0. The predicted octanol–water partition coefficient (Wildman–Crippen LogP) is 5.03. The molecule has 0 unspecified atom stereocenters. The van der Waals surface area contributed by atoms with Crippen LogP contribution in [0.2, 0.25) is 0 Å². The number of hydrogen-bond donors (Lipinski definition) is 0. The zero-order chi connectivity index (χ0) is 10.6. The van der Waals surface area contributed by atoms with E-state index in [4.69, 9.17) is 0 Å². The van der Waals surface area contributed by atoms with Crippen LogP contribution in [0.15, 0.2) is 0 Å². The van der Waals surface area contributed by atoms with E-state index in [9.17, 15) is 0 Å². The fourth-order valence-electron chi connectivity index (χ4n) is 4.69. The maximum absolute atomic E-state index is 2.34. The first kappa shape index (κ1) is 10.6. The van der Waals surface area contributed by atoms with Crippen molar-refractivity contribution in [3.05, 3.63) is 0 Å². The van der Waals surface area contributed by atoms with Crippen molar-refractivity contribution in [2.24, 2.45) is 11.8 Å². The summed E-state index contributed by atoms with van der Waals surface area (Å²) in [5.74, 6) is 2.23. The Morgan fingerprint density at radius 1 is 0.625 bits per heavy atom. The van der Waals surface area contributed by atoms with Crippen molar-refractivity contribution in [2.45, 2.75) is 73.7 Å². The Balaban J connectivity index is 1.42. The molecule has 4 aliphatic rings. The van der Waals surface area contributed by atoms with Gasteiger partial charge in [-0.25, -0.2) is 0 Å². The predicted molar refractivity (Wildman–Crippen MR) is 73.8 cm³/mol. The summed E-state index contributed by atoms with van der Waals surface area (Å²) in [6.45, 7) is 0. The minimum atomic E-state index is 0.741. The zero-order valence-electron chi connectivity index (χ0n) is 10.0. The van der Waals surface area contributed by atoms with E-state index in [1.807, 2.05) is 0 Å². The molecule has 0 aliphatic heterocycles. The van der Waals surface area contributed by atoms with E-state index in [0.717, 1.165) is 21.3 Å². The van der Waals surface area contributed by atoms with Gasteiger partial charge in [0.15, 0.2) is 0 Å². The van der Waals surface area contributed by atoms with Crippen molar-refractivity contribution in [1.82, 2.24) is 0 Å². The van der Waals surface area contributed by atoms with Crippen LogP contribution < -0.4 is 0 Å². The maximum Gasteiger partial charge on any atom is 0.0266 e. The van der Waals surface area contributed by atoms with E-state index in [0.29, 0.717) is 0 Å². The highest BCUT2D eigenvalue weighted by Gasteiger charge is 2.50. The fourth-order valence-corrected chi connectivity index (χ4v) is 8.92. The van der Waals surface area contributed by atoms with Gasteiger partial charge in [0.25, 0.3) is 0 Å². The third-order valence-electron chi connectivity index (χ3n) is 5.75.